The predicted molar refractivity (Wildman–Crippen MR) is 154 cm³/mol. The highest BCUT2D eigenvalue weighted by Gasteiger charge is 2.22. The molecule has 0 atom stereocenters. The molecule has 0 aliphatic carbocycles. The van der Waals surface area contributed by atoms with Crippen molar-refractivity contribution in [2.75, 3.05) is 24.7 Å². The van der Waals surface area contributed by atoms with Gasteiger partial charge >= 0.3 is 0 Å². The zero-order valence-corrected chi connectivity index (χ0v) is 22.4. The second-order valence-electron chi connectivity index (χ2n) is 9.40. The van der Waals surface area contributed by atoms with Crippen LogP contribution in [-0.2, 0) is 0 Å². The molecule has 0 bridgehead atoms. The summed E-state index contributed by atoms with van der Waals surface area (Å²) in [6, 6.07) is 25.4. The first-order chi connectivity index (χ1) is 17.3. The summed E-state index contributed by atoms with van der Waals surface area (Å²) in [7, 11) is 4.08. The molecule has 0 saturated heterocycles. The predicted octanol–water partition coefficient (Wildman–Crippen LogP) is 7.56. The number of anilines is 2. The Labute approximate surface area is 220 Å². The van der Waals surface area contributed by atoms with E-state index in [2.05, 4.69) is 105 Å². The van der Waals surface area contributed by atoms with Crippen LogP contribution in [0, 0.1) is 0 Å². The number of aromatic nitrogens is 3. The molecule has 180 valence electrons. The molecule has 0 unspecified atom stereocenters. The summed E-state index contributed by atoms with van der Waals surface area (Å²) in [5.74, 6) is 0.859. The standard InChI is InChI=1S/C30H28BrN5/c1-18(2)19-8-10-20(11-9-19)26-25(22-6-5-7-23(31)16-22)27-29(32)33-17-34-30(27)35-28(26)21-12-14-24(15-13-21)36(3)4/h5-18H,1-4H3,(H2,32,33,34,35). The van der Waals surface area contributed by atoms with Gasteiger partial charge in [-0.25, -0.2) is 15.0 Å². The number of hydrogen-bond acceptors (Lipinski definition) is 5. The Kier molecular flexibility index (Phi) is 6.46. The monoisotopic (exact) mass is 537 g/mol. The van der Waals surface area contributed by atoms with Gasteiger partial charge in [-0.15, -0.1) is 0 Å². The van der Waals surface area contributed by atoms with Crippen molar-refractivity contribution < 1.29 is 0 Å². The molecule has 0 amide bonds. The molecule has 5 rings (SSSR count). The fourth-order valence-corrected chi connectivity index (χ4v) is 4.89. The van der Waals surface area contributed by atoms with Crippen LogP contribution in [0.15, 0.2) is 83.6 Å². The molecule has 6 heteroatoms. The van der Waals surface area contributed by atoms with Crippen LogP contribution < -0.4 is 10.6 Å². The molecule has 2 N–H and O–H groups in total. The Bertz CT molecular complexity index is 1540. The lowest BCUT2D eigenvalue weighted by Crippen LogP contribution is -2.08. The van der Waals surface area contributed by atoms with Gasteiger partial charge in [0, 0.05) is 40.9 Å². The smallest absolute Gasteiger partial charge is 0.165 e. The Hall–Kier alpha value is -3.77. The van der Waals surface area contributed by atoms with E-state index in [1.807, 2.05) is 26.2 Å². The number of benzene rings is 3. The van der Waals surface area contributed by atoms with Crippen LogP contribution in [0.5, 0.6) is 0 Å². The second-order valence-corrected chi connectivity index (χ2v) is 10.3. The molecule has 0 saturated carbocycles. The molecular weight excluding hydrogens is 510 g/mol. The molecule has 0 aliphatic rings. The van der Waals surface area contributed by atoms with Gasteiger partial charge in [-0.2, -0.15) is 0 Å². The van der Waals surface area contributed by atoms with E-state index in [-0.39, 0.29) is 0 Å². The van der Waals surface area contributed by atoms with E-state index in [0.29, 0.717) is 17.4 Å². The highest BCUT2D eigenvalue weighted by atomic mass is 79.9. The first kappa shape index (κ1) is 23.9. The Morgan fingerprint density at radius 2 is 1.50 bits per heavy atom. The summed E-state index contributed by atoms with van der Waals surface area (Å²) in [6.45, 7) is 4.41. The molecule has 2 heterocycles. The Morgan fingerprint density at radius 3 is 2.14 bits per heavy atom. The highest BCUT2D eigenvalue weighted by Crippen LogP contribution is 2.44. The average Bonchev–Trinajstić information content (AvgIpc) is 2.88. The van der Waals surface area contributed by atoms with Gasteiger partial charge in [0.15, 0.2) is 5.65 Å². The van der Waals surface area contributed by atoms with Gasteiger partial charge in [0.1, 0.15) is 12.1 Å². The van der Waals surface area contributed by atoms with Crippen molar-refractivity contribution in [3.8, 4) is 33.5 Å². The first-order valence-electron chi connectivity index (χ1n) is 11.9. The van der Waals surface area contributed by atoms with Gasteiger partial charge in [0.2, 0.25) is 0 Å². The number of halogens is 1. The second kappa shape index (κ2) is 9.70. The van der Waals surface area contributed by atoms with Crippen molar-refractivity contribution in [2.24, 2.45) is 0 Å². The third-order valence-electron chi connectivity index (χ3n) is 6.45. The van der Waals surface area contributed by atoms with Crippen molar-refractivity contribution >= 4 is 38.5 Å². The van der Waals surface area contributed by atoms with Crippen LogP contribution in [0.2, 0.25) is 0 Å². The van der Waals surface area contributed by atoms with Gasteiger partial charge in [-0.3, -0.25) is 0 Å². The fraction of sp³-hybridized carbons (Fsp3) is 0.167. The third kappa shape index (κ3) is 4.44. The van der Waals surface area contributed by atoms with Crippen LogP contribution in [0.3, 0.4) is 0 Å². The number of fused-ring (bicyclic) bond motifs is 1. The summed E-state index contributed by atoms with van der Waals surface area (Å²) in [6.07, 6.45) is 1.48. The van der Waals surface area contributed by atoms with E-state index < -0.39 is 0 Å². The minimum atomic E-state index is 0.414. The Balaban J connectivity index is 1.90. The summed E-state index contributed by atoms with van der Waals surface area (Å²) >= 11 is 3.65. The topological polar surface area (TPSA) is 67.9 Å². The first-order valence-corrected chi connectivity index (χ1v) is 12.7. The van der Waals surface area contributed by atoms with E-state index >= 15 is 0 Å². The SMILES string of the molecule is CC(C)c1ccc(-c2c(-c3ccc(N(C)C)cc3)nc3ncnc(N)c3c2-c2cccc(Br)c2)cc1. The van der Waals surface area contributed by atoms with Crippen LogP contribution in [0.25, 0.3) is 44.5 Å². The lowest BCUT2D eigenvalue weighted by atomic mass is 9.88. The molecule has 0 aliphatic heterocycles. The van der Waals surface area contributed by atoms with Crippen LogP contribution >= 0.6 is 15.9 Å². The van der Waals surface area contributed by atoms with Gasteiger partial charge in [-0.1, -0.05) is 78.3 Å². The van der Waals surface area contributed by atoms with E-state index in [0.717, 1.165) is 49.1 Å². The molecule has 0 fully saturated rings. The molecule has 36 heavy (non-hydrogen) atoms. The Morgan fingerprint density at radius 1 is 0.806 bits per heavy atom. The van der Waals surface area contributed by atoms with E-state index in [4.69, 9.17) is 10.7 Å². The summed E-state index contributed by atoms with van der Waals surface area (Å²) in [5, 5.41) is 0.757. The number of pyridine rings is 1. The summed E-state index contributed by atoms with van der Waals surface area (Å²) in [5.41, 5.74) is 15.4. The molecule has 0 spiro atoms. The molecule has 3 aromatic carbocycles. The van der Waals surface area contributed by atoms with Gasteiger partial charge in [-0.05, 0) is 46.9 Å². The van der Waals surface area contributed by atoms with Gasteiger partial charge in [0.25, 0.3) is 0 Å². The maximum atomic E-state index is 6.48. The maximum absolute atomic E-state index is 6.48. The largest absolute Gasteiger partial charge is 0.383 e. The number of nitrogens with two attached hydrogens (primary N) is 1. The lowest BCUT2D eigenvalue weighted by Gasteiger charge is -2.20. The minimum Gasteiger partial charge on any atom is -0.383 e. The van der Waals surface area contributed by atoms with E-state index in [9.17, 15) is 0 Å². The normalized spacial score (nSPS) is 11.3. The highest BCUT2D eigenvalue weighted by molar-refractivity contribution is 9.10. The minimum absolute atomic E-state index is 0.414. The zero-order valence-electron chi connectivity index (χ0n) is 20.8. The zero-order chi connectivity index (χ0) is 25.4. The summed E-state index contributed by atoms with van der Waals surface area (Å²) < 4.78 is 0.985. The number of hydrogen-bond donors (Lipinski definition) is 1. The van der Waals surface area contributed by atoms with Crippen LogP contribution in [0.4, 0.5) is 11.5 Å². The van der Waals surface area contributed by atoms with Crippen molar-refractivity contribution in [2.45, 2.75) is 19.8 Å². The molecule has 5 aromatic rings. The van der Waals surface area contributed by atoms with Crippen LogP contribution in [-0.4, -0.2) is 29.0 Å². The molecule has 5 nitrogen and oxygen atoms in total. The van der Waals surface area contributed by atoms with Crippen molar-refractivity contribution in [1.29, 1.82) is 0 Å². The lowest BCUT2D eigenvalue weighted by molar-refractivity contribution is 0.867. The molecule has 0 radical (unpaired) electrons. The number of rotatable bonds is 5. The van der Waals surface area contributed by atoms with Gasteiger partial charge < -0.3 is 10.6 Å². The van der Waals surface area contributed by atoms with Crippen molar-refractivity contribution in [3.63, 3.8) is 0 Å². The van der Waals surface area contributed by atoms with E-state index in [1.54, 1.807) is 0 Å². The van der Waals surface area contributed by atoms with Crippen molar-refractivity contribution in [3.05, 3.63) is 89.2 Å². The van der Waals surface area contributed by atoms with Gasteiger partial charge in [0.05, 0.1) is 11.1 Å². The molecule has 2 aromatic heterocycles. The number of nitrogen functional groups attached to an aromatic ring is 1. The summed E-state index contributed by atoms with van der Waals surface area (Å²) in [4.78, 5) is 16.0. The average molecular weight is 538 g/mol. The molecular formula is C30H28BrN5. The fourth-order valence-electron chi connectivity index (χ4n) is 4.49. The van der Waals surface area contributed by atoms with E-state index in [1.165, 1.54) is 11.9 Å². The van der Waals surface area contributed by atoms with Crippen molar-refractivity contribution in [1.82, 2.24) is 15.0 Å². The quantitative estimate of drug-likeness (QED) is 0.250. The van der Waals surface area contributed by atoms with Crippen LogP contribution in [0.1, 0.15) is 25.3 Å². The maximum Gasteiger partial charge on any atom is 0.165 e. The third-order valence-corrected chi connectivity index (χ3v) is 6.94. The number of nitrogens with zero attached hydrogens (tertiary/aromatic N) is 4.